The number of benzene rings is 10. The molecule has 0 spiro atoms. The summed E-state index contributed by atoms with van der Waals surface area (Å²) >= 11 is 0. The second-order valence-corrected chi connectivity index (χ2v) is 18.9. The lowest BCUT2D eigenvalue weighted by Gasteiger charge is -2.37. The molecule has 0 radical (unpaired) electrons. The first-order valence-corrected chi connectivity index (χ1v) is 22.5. The van der Waals surface area contributed by atoms with Crippen LogP contribution in [0.2, 0.25) is 0 Å². The van der Waals surface area contributed by atoms with E-state index in [1.165, 1.54) is 77.2 Å². The molecule has 64 heavy (non-hydrogen) atoms. The van der Waals surface area contributed by atoms with E-state index in [0.29, 0.717) is 0 Å². The number of fused-ring (bicyclic) bond motifs is 12. The van der Waals surface area contributed by atoms with Crippen molar-refractivity contribution in [2.24, 2.45) is 0 Å². The van der Waals surface area contributed by atoms with Crippen LogP contribution in [-0.2, 0) is 10.8 Å². The SMILES string of the molecule is CC1(C)c2cc3c(cc2-c2c1ccc1ccccc21)N(c1c(-c2ccccc2)cc(-c2ccccc2)cc1-c1ccccc1)c1cc2c(cc1O3)C(C)(C)c1ccc3ccccc3c1-2. The first kappa shape index (κ1) is 36.9. The predicted molar refractivity (Wildman–Crippen MR) is 268 cm³/mol. The average Bonchev–Trinajstić information content (AvgIpc) is 3.71. The minimum absolute atomic E-state index is 0.234. The monoisotopic (exact) mass is 819 g/mol. The summed E-state index contributed by atoms with van der Waals surface area (Å²) in [6, 6.07) is 74.1. The molecule has 0 unspecified atom stereocenters. The van der Waals surface area contributed by atoms with Crippen molar-refractivity contribution in [2.45, 2.75) is 38.5 Å². The standard InChI is InChI=1S/C62H45NO/c1-61(2)50-30-28-41-24-14-16-26-44(41)58(50)48-34-54-56(36-52(48)61)64-57-37-53-49(59-45-27-17-15-25-42(45)29-31-51(59)62(53,3)4)35-55(57)63(54)60-46(39-20-10-6-11-21-39)32-43(38-18-8-5-9-19-38)33-47(60)40-22-12-7-13-23-40/h5-37H,1-4H3. The van der Waals surface area contributed by atoms with Crippen molar-refractivity contribution < 1.29 is 4.74 Å². The molecule has 0 saturated heterocycles. The number of anilines is 3. The molecule has 0 aromatic heterocycles. The molecule has 2 aliphatic carbocycles. The fourth-order valence-electron chi connectivity index (χ4n) is 11.4. The summed E-state index contributed by atoms with van der Waals surface area (Å²) in [5, 5.41) is 5.06. The van der Waals surface area contributed by atoms with Crippen LogP contribution in [0.4, 0.5) is 17.1 Å². The van der Waals surface area contributed by atoms with Gasteiger partial charge in [0.05, 0.1) is 17.1 Å². The first-order valence-electron chi connectivity index (χ1n) is 22.5. The highest BCUT2D eigenvalue weighted by atomic mass is 16.5. The summed E-state index contributed by atoms with van der Waals surface area (Å²) in [6.45, 7) is 9.47. The lowest BCUT2D eigenvalue weighted by molar-refractivity contribution is 0.473. The molecule has 2 heteroatoms. The third kappa shape index (κ3) is 5.20. The molecular formula is C62H45NO. The highest BCUT2D eigenvalue weighted by Gasteiger charge is 2.43. The maximum atomic E-state index is 7.38. The topological polar surface area (TPSA) is 12.5 Å². The number of rotatable bonds is 4. The second kappa shape index (κ2) is 13.4. The Morgan fingerprint density at radius 3 is 1.20 bits per heavy atom. The summed E-state index contributed by atoms with van der Waals surface area (Å²) in [5.41, 5.74) is 20.1. The highest BCUT2D eigenvalue weighted by molar-refractivity contribution is 6.09. The van der Waals surface area contributed by atoms with Crippen molar-refractivity contribution in [3.63, 3.8) is 0 Å². The van der Waals surface area contributed by atoms with Gasteiger partial charge in [0.15, 0.2) is 11.5 Å². The van der Waals surface area contributed by atoms with Gasteiger partial charge in [0.25, 0.3) is 0 Å². The molecule has 0 fully saturated rings. The van der Waals surface area contributed by atoms with Gasteiger partial charge in [0.2, 0.25) is 0 Å². The zero-order valence-electron chi connectivity index (χ0n) is 36.4. The molecule has 0 N–H and O–H groups in total. The van der Waals surface area contributed by atoms with Crippen LogP contribution in [0.25, 0.3) is 77.2 Å². The van der Waals surface area contributed by atoms with E-state index >= 15 is 0 Å². The maximum Gasteiger partial charge on any atom is 0.151 e. The molecule has 2 nitrogen and oxygen atoms in total. The van der Waals surface area contributed by atoms with Crippen LogP contribution in [0, 0.1) is 0 Å². The number of nitrogens with zero attached hydrogens (tertiary/aromatic N) is 1. The molecule has 1 heterocycles. The Balaban J connectivity index is 1.18. The van der Waals surface area contributed by atoms with Crippen LogP contribution in [0.3, 0.4) is 0 Å². The van der Waals surface area contributed by atoms with Gasteiger partial charge in [0.1, 0.15) is 0 Å². The quantitative estimate of drug-likeness (QED) is 0.175. The minimum Gasteiger partial charge on any atom is -0.453 e. The van der Waals surface area contributed by atoms with Crippen LogP contribution in [0.1, 0.15) is 49.9 Å². The third-order valence-electron chi connectivity index (χ3n) is 14.6. The Bertz CT molecular complexity index is 3350. The van der Waals surface area contributed by atoms with Crippen LogP contribution in [0.5, 0.6) is 11.5 Å². The van der Waals surface area contributed by atoms with Crippen molar-refractivity contribution in [1.29, 1.82) is 0 Å². The molecule has 304 valence electrons. The normalized spacial score (nSPS) is 14.6. The zero-order chi connectivity index (χ0) is 42.9. The number of hydrogen-bond acceptors (Lipinski definition) is 2. The lowest BCUT2D eigenvalue weighted by atomic mass is 9.81. The van der Waals surface area contributed by atoms with Crippen molar-refractivity contribution in [2.75, 3.05) is 4.90 Å². The smallest absolute Gasteiger partial charge is 0.151 e. The molecule has 1 aliphatic heterocycles. The molecule has 0 amide bonds. The molecule has 0 atom stereocenters. The lowest BCUT2D eigenvalue weighted by Crippen LogP contribution is -2.21. The summed E-state index contributed by atoms with van der Waals surface area (Å²) < 4.78 is 7.38. The Labute approximate surface area is 374 Å². The van der Waals surface area contributed by atoms with Crippen molar-refractivity contribution >= 4 is 38.6 Å². The van der Waals surface area contributed by atoms with E-state index in [9.17, 15) is 0 Å². The molecule has 0 bridgehead atoms. The van der Waals surface area contributed by atoms with Crippen LogP contribution < -0.4 is 9.64 Å². The largest absolute Gasteiger partial charge is 0.453 e. The third-order valence-corrected chi connectivity index (χ3v) is 14.6. The fraction of sp³-hybridized carbons (Fsp3) is 0.0968. The minimum atomic E-state index is -0.234. The maximum absolute atomic E-state index is 7.38. The van der Waals surface area contributed by atoms with Gasteiger partial charge in [-0.1, -0.05) is 191 Å². The van der Waals surface area contributed by atoms with E-state index in [1.807, 2.05) is 0 Å². The second-order valence-electron chi connectivity index (χ2n) is 18.9. The average molecular weight is 820 g/mol. The summed E-state index contributed by atoms with van der Waals surface area (Å²) in [5.74, 6) is 1.72. The van der Waals surface area contributed by atoms with Gasteiger partial charge in [-0.05, 0) is 125 Å². The molecule has 10 aromatic rings. The van der Waals surface area contributed by atoms with Crippen LogP contribution in [0.15, 0.2) is 200 Å². The van der Waals surface area contributed by atoms with E-state index in [0.717, 1.165) is 50.8 Å². The van der Waals surface area contributed by atoms with Gasteiger partial charge in [-0.15, -0.1) is 0 Å². The van der Waals surface area contributed by atoms with Crippen LogP contribution >= 0.6 is 0 Å². The Morgan fingerprint density at radius 1 is 0.344 bits per heavy atom. The number of ether oxygens (including phenoxy) is 1. The Morgan fingerprint density at radius 2 is 0.750 bits per heavy atom. The predicted octanol–water partition coefficient (Wildman–Crippen LogP) is 17.2. The van der Waals surface area contributed by atoms with Crippen molar-refractivity contribution in [3.05, 3.63) is 222 Å². The zero-order valence-corrected chi connectivity index (χ0v) is 36.4. The van der Waals surface area contributed by atoms with Crippen molar-refractivity contribution in [1.82, 2.24) is 0 Å². The first-order chi connectivity index (χ1) is 31.3. The summed E-state index contributed by atoms with van der Waals surface area (Å²) in [7, 11) is 0. The highest BCUT2D eigenvalue weighted by Crippen LogP contribution is 2.63. The van der Waals surface area contributed by atoms with E-state index in [2.05, 4.69) is 233 Å². The van der Waals surface area contributed by atoms with E-state index in [-0.39, 0.29) is 10.8 Å². The van der Waals surface area contributed by atoms with Gasteiger partial charge in [-0.25, -0.2) is 0 Å². The van der Waals surface area contributed by atoms with Gasteiger partial charge >= 0.3 is 0 Å². The molecule has 3 aliphatic rings. The van der Waals surface area contributed by atoms with Gasteiger partial charge in [-0.3, -0.25) is 0 Å². The van der Waals surface area contributed by atoms with Gasteiger partial charge in [0, 0.05) is 22.0 Å². The Hall–Kier alpha value is -7.68. The van der Waals surface area contributed by atoms with Crippen molar-refractivity contribution in [3.8, 4) is 67.1 Å². The Kier molecular flexibility index (Phi) is 7.74. The molecule has 10 aromatic carbocycles. The van der Waals surface area contributed by atoms with E-state index in [4.69, 9.17) is 4.74 Å². The number of hydrogen-bond donors (Lipinski definition) is 0. The molecule has 0 saturated carbocycles. The van der Waals surface area contributed by atoms with E-state index in [1.54, 1.807) is 0 Å². The van der Waals surface area contributed by atoms with Crippen LogP contribution in [-0.4, -0.2) is 0 Å². The molecule has 13 rings (SSSR count). The van der Waals surface area contributed by atoms with E-state index < -0.39 is 0 Å². The summed E-state index contributed by atoms with van der Waals surface area (Å²) in [4.78, 5) is 2.56. The fourth-order valence-corrected chi connectivity index (χ4v) is 11.4. The molecular weight excluding hydrogens is 775 g/mol. The van der Waals surface area contributed by atoms with Gasteiger partial charge < -0.3 is 9.64 Å². The van der Waals surface area contributed by atoms with Gasteiger partial charge in [-0.2, -0.15) is 0 Å². The summed E-state index contributed by atoms with van der Waals surface area (Å²) in [6.07, 6.45) is 0.